The molecule has 23 heavy (non-hydrogen) atoms. The van der Waals surface area contributed by atoms with E-state index < -0.39 is 0 Å². The van der Waals surface area contributed by atoms with E-state index in [-0.39, 0.29) is 11.9 Å². The van der Waals surface area contributed by atoms with Gasteiger partial charge in [-0.25, -0.2) is 0 Å². The van der Waals surface area contributed by atoms with Crippen LogP contribution in [0.3, 0.4) is 0 Å². The van der Waals surface area contributed by atoms with Crippen molar-refractivity contribution in [1.29, 1.82) is 0 Å². The summed E-state index contributed by atoms with van der Waals surface area (Å²) in [5.74, 6) is 1.48. The van der Waals surface area contributed by atoms with Gasteiger partial charge in [-0.3, -0.25) is 4.79 Å². The number of rotatable bonds is 6. The van der Waals surface area contributed by atoms with Gasteiger partial charge in [0.25, 0.3) is 0 Å². The van der Waals surface area contributed by atoms with Crippen LogP contribution in [0.2, 0.25) is 0 Å². The first-order valence-corrected chi connectivity index (χ1v) is 9.39. The number of aryl methyl sites for hydroxylation is 1. The van der Waals surface area contributed by atoms with Crippen LogP contribution >= 0.6 is 27.3 Å². The maximum absolute atomic E-state index is 12.1. The van der Waals surface area contributed by atoms with Crippen molar-refractivity contribution in [3.8, 4) is 10.7 Å². The van der Waals surface area contributed by atoms with Gasteiger partial charge in [-0.05, 0) is 47.3 Å². The van der Waals surface area contributed by atoms with E-state index in [4.69, 9.17) is 10.3 Å². The van der Waals surface area contributed by atoms with Gasteiger partial charge in [0.15, 0.2) is 0 Å². The lowest BCUT2D eigenvalue weighted by Crippen LogP contribution is -2.39. The topological polar surface area (TPSA) is 94.0 Å². The van der Waals surface area contributed by atoms with Crippen molar-refractivity contribution in [3.05, 3.63) is 21.8 Å². The first kappa shape index (κ1) is 16.6. The second-order valence-corrected chi connectivity index (χ2v) is 7.57. The molecule has 3 rings (SSSR count). The Bertz CT molecular complexity index is 672. The van der Waals surface area contributed by atoms with Crippen LogP contribution in [0.5, 0.6) is 0 Å². The van der Waals surface area contributed by atoms with Crippen molar-refractivity contribution in [1.82, 2.24) is 15.5 Å². The molecule has 2 aromatic heterocycles. The number of nitrogens with zero attached hydrogens (tertiary/aromatic N) is 2. The highest BCUT2D eigenvalue weighted by atomic mass is 79.9. The molecule has 1 aliphatic rings. The lowest BCUT2D eigenvalue weighted by atomic mass is 10.0. The first-order valence-electron chi connectivity index (χ1n) is 7.72. The molecule has 1 fully saturated rings. The quantitative estimate of drug-likeness (QED) is 0.779. The highest BCUT2D eigenvalue weighted by Crippen LogP contribution is 2.28. The number of amides is 1. The van der Waals surface area contributed by atoms with Crippen molar-refractivity contribution in [2.75, 3.05) is 6.54 Å². The Labute approximate surface area is 147 Å². The standard InChI is InChI=1S/C15H19BrN4O2S/c16-10-6-12(23-8-10)15-19-14(22-20-15)5-4-13(21)18-11-3-1-2-9(11)7-17/h6,8-9,11H,1-5,7,17H2,(H,18,21). The number of halogens is 1. The number of hydrogen-bond donors (Lipinski definition) is 2. The minimum absolute atomic E-state index is 0.0222. The van der Waals surface area contributed by atoms with Gasteiger partial charge in [0.05, 0.1) is 4.88 Å². The zero-order valence-corrected chi connectivity index (χ0v) is 15.0. The number of thiophene rings is 1. The van der Waals surface area contributed by atoms with Gasteiger partial charge in [0, 0.05) is 28.7 Å². The summed E-state index contributed by atoms with van der Waals surface area (Å²) in [6.45, 7) is 0.633. The lowest BCUT2D eigenvalue weighted by molar-refractivity contribution is -0.122. The minimum Gasteiger partial charge on any atom is -0.353 e. The Balaban J connectivity index is 1.50. The number of carbonyl (C=O) groups excluding carboxylic acids is 1. The SMILES string of the molecule is NCC1CCCC1NC(=O)CCc1nc(-c2cc(Br)cs2)no1. The molecule has 0 spiro atoms. The van der Waals surface area contributed by atoms with Crippen LogP contribution in [0.4, 0.5) is 0 Å². The number of nitrogens with one attached hydrogen (secondary N) is 1. The third-order valence-corrected chi connectivity index (χ3v) is 5.82. The highest BCUT2D eigenvalue weighted by Gasteiger charge is 2.27. The van der Waals surface area contributed by atoms with Crippen molar-refractivity contribution in [3.63, 3.8) is 0 Å². The van der Waals surface area contributed by atoms with Crippen molar-refractivity contribution >= 4 is 33.2 Å². The average Bonchev–Trinajstić information content (AvgIpc) is 3.25. The fraction of sp³-hybridized carbons (Fsp3) is 0.533. The molecule has 8 heteroatoms. The van der Waals surface area contributed by atoms with Crippen LogP contribution in [-0.2, 0) is 11.2 Å². The smallest absolute Gasteiger partial charge is 0.227 e. The van der Waals surface area contributed by atoms with E-state index in [1.54, 1.807) is 11.3 Å². The zero-order valence-electron chi connectivity index (χ0n) is 12.6. The Morgan fingerprint density at radius 2 is 2.39 bits per heavy atom. The van der Waals surface area contributed by atoms with Gasteiger partial charge in [-0.15, -0.1) is 11.3 Å². The largest absolute Gasteiger partial charge is 0.353 e. The molecule has 1 aliphatic carbocycles. The maximum atomic E-state index is 12.1. The summed E-state index contributed by atoms with van der Waals surface area (Å²) in [7, 11) is 0. The summed E-state index contributed by atoms with van der Waals surface area (Å²) >= 11 is 4.94. The molecule has 1 saturated carbocycles. The molecule has 2 aromatic rings. The molecule has 2 heterocycles. The normalized spacial score (nSPS) is 20.8. The van der Waals surface area contributed by atoms with E-state index in [0.717, 1.165) is 28.6 Å². The highest BCUT2D eigenvalue weighted by molar-refractivity contribution is 9.10. The third-order valence-electron chi connectivity index (χ3n) is 4.13. The van der Waals surface area contributed by atoms with E-state index in [2.05, 4.69) is 31.4 Å². The molecule has 0 aliphatic heterocycles. The Hall–Kier alpha value is -1.25. The monoisotopic (exact) mass is 398 g/mol. The van der Waals surface area contributed by atoms with Crippen LogP contribution in [0.15, 0.2) is 20.4 Å². The first-order chi connectivity index (χ1) is 11.2. The van der Waals surface area contributed by atoms with E-state index in [9.17, 15) is 4.79 Å². The summed E-state index contributed by atoms with van der Waals surface area (Å²) < 4.78 is 6.22. The van der Waals surface area contributed by atoms with Crippen LogP contribution in [0.25, 0.3) is 10.7 Å². The van der Waals surface area contributed by atoms with Crippen LogP contribution in [-0.4, -0.2) is 28.6 Å². The van der Waals surface area contributed by atoms with Crippen LogP contribution in [0.1, 0.15) is 31.6 Å². The second-order valence-electron chi connectivity index (χ2n) is 5.74. The molecule has 0 aromatic carbocycles. The molecule has 3 N–H and O–H groups in total. The van der Waals surface area contributed by atoms with Gasteiger partial charge < -0.3 is 15.6 Å². The molecule has 1 amide bonds. The Kier molecular flexibility index (Phi) is 5.45. The van der Waals surface area contributed by atoms with E-state index >= 15 is 0 Å². The van der Waals surface area contributed by atoms with Gasteiger partial charge in [-0.2, -0.15) is 4.98 Å². The molecule has 0 radical (unpaired) electrons. The predicted octanol–water partition coefficient (Wildman–Crippen LogP) is 2.74. The van der Waals surface area contributed by atoms with Crippen molar-refractivity contribution < 1.29 is 9.32 Å². The van der Waals surface area contributed by atoms with Crippen LogP contribution in [0, 0.1) is 5.92 Å². The summed E-state index contributed by atoms with van der Waals surface area (Å²) in [6, 6.07) is 2.16. The third kappa shape index (κ3) is 4.19. The van der Waals surface area contributed by atoms with Crippen molar-refractivity contribution in [2.24, 2.45) is 11.7 Å². The minimum atomic E-state index is 0.0222. The predicted molar refractivity (Wildman–Crippen MR) is 92.0 cm³/mol. The fourth-order valence-corrected chi connectivity index (χ4v) is 4.25. The average molecular weight is 399 g/mol. The number of carbonyl (C=O) groups is 1. The molecule has 0 saturated heterocycles. The molecular formula is C15H19BrN4O2S. The molecule has 0 bridgehead atoms. The summed E-state index contributed by atoms with van der Waals surface area (Å²) in [6.07, 6.45) is 4.06. The van der Waals surface area contributed by atoms with Crippen LogP contribution < -0.4 is 11.1 Å². The molecule has 2 atom stereocenters. The van der Waals surface area contributed by atoms with Gasteiger partial charge in [0.1, 0.15) is 0 Å². The van der Waals surface area contributed by atoms with E-state index in [1.807, 2.05) is 11.4 Å². The number of hydrogen-bond acceptors (Lipinski definition) is 6. The second kappa shape index (κ2) is 7.55. The van der Waals surface area contributed by atoms with Gasteiger partial charge in [-0.1, -0.05) is 11.6 Å². The van der Waals surface area contributed by atoms with E-state index in [1.165, 1.54) is 0 Å². The molecule has 124 valence electrons. The summed E-state index contributed by atoms with van der Waals surface area (Å²) in [5, 5.41) is 9.01. The molecule has 6 nitrogen and oxygen atoms in total. The fourth-order valence-electron chi connectivity index (χ4n) is 2.90. The Morgan fingerprint density at radius 3 is 3.13 bits per heavy atom. The zero-order chi connectivity index (χ0) is 16.2. The number of nitrogens with two attached hydrogens (primary N) is 1. The number of aromatic nitrogens is 2. The van der Waals surface area contributed by atoms with Gasteiger partial charge in [0.2, 0.25) is 17.6 Å². The summed E-state index contributed by atoms with van der Waals surface area (Å²) in [5.41, 5.74) is 5.74. The Morgan fingerprint density at radius 1 is 1.52 bits per heavy atom. The van der Waals surface area contributed by atoms with E-state index in [0.29, 0.717) is 37.0 Å². The molecule has 2 unspecified atom stereocenters. The molecular weight excluding hydrogens is 380 g/mol. The van der Waals surface area contributed by atoms with Gasteiger partial charge >= 0.3 is 0 Å². The maximum Gasteiger partial charge on any atom is 0.227 e. The summed E-state index contributed by atoms with van der Waals surface area (Å²) in [4.78, 5) is 17.3. The lowest BCUT2D eigenvalue weighted by Gasteiger charge is -2.19. The van der Waals surface area contributed by atoms with Crippen molar-refractivity contribution in [2.45, 2.75) is 38.1 Å².